The standard InChI is InChI=1S/C12H22N2O3S/c1-12(2,7-10(15)16)14-11(17)13-8-9-5-3-4-6-18-9/h9H,3-8H2,1-2H3,(H,15,16)(H2,13,14,17). The van der Waals surface area contributed by atoms with Crippen LogP contribution in [0.25, 0.3) is 0 Å². The topological polar surface area (TPSA) is 78.4 Å². The van der Waals surface area contributed by atoms with Gasteiger partial charge in [0.15, 0.2) is 0 Å². The van der Waals surface area contributed by atoms with Crippen molar-refractivity contribution >= 4 is 23.8 Å². The van der Waals surface area contributed by atoms with E-state index in [4.69, 9.17) is 5.11 Å². The van der Waals surface area contributed by atoms with E-state index in [1.807, 2.05) is 11.8 Å². The van der Waals surface area contributed by atoms with Crippen LogP contribution in [-0.2, 0) is 4.79 Å². The van der Waals surface area contributed by atoms with Gasteiger partial charge in [-0.25, -0.2) is 4.79 Å². The summed E-state index contributed by atoms with van der Waals surface area (Å²) in [5, 5.41) is 14.7. The molecule has 1 fully saturated rings. The number of rotatable bonds is 5. The molecule has 1 aliphatic heterocycles. The number of hydrogen-bond acceptors (Lipinski definition) is 3. The van der Waals surface area contributed by atoms with Crippen molar-refractivity contribution in [1.29, 1.82) is 0 Å². The van der Waals surface area contributed by atoms with Crippen LogP contribution < -0.4 is 10.6 Å². The van der Waals surface area contributed by atoms with Crippen LogP contribution in [0.3, 0.4) is 0 Å². The highest BCUT2D eigenvalue weighted by atomic mass is 32.2. The minimum absolute atomic E-state index is 0.0847. The van der Waals surface area contributed by atoms with Gasteiger partial charge < -0.3 is 15.7 Å². The first kappa shape index (κ1) is 15.1. The molecule has 2 amide bonds. The lowest BCUT2D eigenvalue weighted by molar-refractivity contribution is -0.138. The van der Waals surface area contributed by atoms with Crippen molar-refractivity contribution in [3.05, 3.63) is 0 Å². The highest BCUT2D eigenvalue weighted by molar-refractivity contribution is 7.99. The van der Waals surface area contributed by atoms with E-state index in [0.29, 0.717) is 11.8 Å². The summed E-state index contributed by atoms with van der Waals surface area (Å²) in [6.45, 7) is 4.06. The van der Waals surface area contributed by atoms with Gasteiger partial charge in [0.1, 0.15) is 0 Å². The van der Waals surface area contributed by atoms with E-state index in [0.717, 1.165) is 6.42 Å². The molecule has 1 aliphatic rings. The molecule has 5 nitrogen and oxygen atoms in total. The van der Waals surface area contributed by atoms with E-state index < -0.39 is 11.5 Å². The Hall–Kier alpha value is -0.910. The molecule has 0 aliphatic carbocycles. The number of carboxylic acids is 1. The summed E-state index contributed by atoms with van der Waals surface area (Å²) >= 11 is 1.90. The number of carbonyl (C=O) groups is 2. The van der Waals surface area contributed by atoms with Crippen molar-refractivity contribution in [3.63, 3.8) is 0 Å². The van der Waals surface area contributed by atoms with Gasteiger partial charge in [0.25, 0.3) is 0 Å². The zero-order valence-corrected chi connectivity index (χ0v) is 11.8. The molecule has 3 N–H and O–H groups in total. The fraction of sp³-hybridized carbons (Fsp3) is 0.833. The number of urea groups is 1. The van der Waals surface area contributed by atoms with Crippen LogP contribution in [0.4, 0.5) is 4.79 Å². The van der Waals surface area contributed by atoms with Crippen molar-refractivity contribution in [2.75, 3.05) is 12.3 Å². The van der Waals surface area contributed by atoms with Gasteiger partial charge in [-0.05, 0) is 32.4 Å². The second-order valence-corrected chi connectivity index (χ2v) is 6.69. The largest absolute Gasteiger partial charge is 0.481 e. The van der Waals surface area contributed by atoms with Crippen LogP contribution in [0.2, 0.25) is 0 Å². The van der Waals surface area contributed by atoms with Gasteiger partial charge in [0, 0.05) is 17.3 Å². The number of thioether (sulfide) groups is 1. The molecule has 104 valence electrons. The van der Waals surface area contributed by atoms with Gasteiger partial charge in [0.2, 0.25) is 0 Å². The SMILES string of the molecule is CC(C)(CC(=O)O)NC(=O)NCC1CCCCS1. The van der Waals surface area contributed by atoms with Gasteiger partial charge in [0.05, 0.1) is 6.42 Å². The maximum atomic E-state index is 11.7. The minimum atomic E-state index is -0.914. The lowest BCUT2D eigenvalue weighted by Gasteiger charge is -2.26. The van der Waals surface area contributed by atoms with Crippen LogP contribution in [-0.4, -0.2) is 40.2 Å². The predicted octanol–water partition coefficient (Wildman–Crippen LogP) is 1.82. The summed E-state index contributed by atoms with van der Waals surface area (Å²) in [6, 6.07) is -0.285. The molecular weight excluding hydrogens is 252 g/mol. The Morgan fingerprint density at radius 1 is 1.39 bits per heavy atom. The monoisotopic (exact) mass is 274 g/mol. The molecule has 1 heterocycles. The lowest BCUT2D eigenvalue weighted by atomic mass is 10.0. The highest BCUT2D eigenvalue weighted by Gasteiger charge is 2.24. The molecule has 18 heavy (non-hydrogen) atoms. The third kappa shape index (κ3) is 6.14. The number of carboxylic acid groups (broad SMARTS) is 1. The summed E-state index contributed by atoms with van der Waals surface area (Å²) in [7, 11) is 0. The Kier molecular flexibility index (Phi) is 5.78. The van der Waals surface area contributed by atoms with Gasteiger partial charge in [-0.15, -0.1) is 0 Å². The van der Waals surface area contributed by atoms with Crippen molar-refractivity contribution in [3.8, 4) is 0 Å². The molecule has 0 aromatic heterocycles. The van der Waals surface area contributed by atoms with Gasteiger partial charge >= 0.3 is 12.0 Å². The summed E-state index contributed by atoms with van der Waals surface area (Å²) in [5.41, 5.74) is -0.727. The third-order valence-corrected chi connectivity index (χ3v) is 4.21. The maximum absolute atomic E-state index is 11.7. The van der Waals surface area contributed by atoms with E-state index in [-0.39, 0.29) is 12.5 Å². The molecule has 0 saturated carbocycles. The van der Waals surface area contributed by atoms with E-state index in [9.17, 15) is 9.59 Å². The van der Waals surface area contributed by atoms with Gasteiger partial charge in [-0.1, -0.05) is 6.42 Å². The van der Waals surface area contributed by atoms with Crippen molar-refractivity contribution in [1.82, 2.24) is 10.6 Å². The number of carbonyl (C=O) groups excluding carboxylic acids is 1. The quantitative estimate of drug-likeness (QED) is 0.714. The smallest absolute Gasteiger partial charge is 0.315 e. The first-order valence-electron chi connectivity index (χ1n) is 6.28. The molecule has 0 bridgehead atoms. The van der Waals surface area contributed by atoms with Crippen LogP contribution in [0.15, 0.2) is 0 Å². The first-order chi connectivity index (χ1) is 8.39. The third-order valence-electron chi connectivity index (χ3n) is 2.81. The molecule has 1 rings (SSSR count). The maximum Gasteiger partial charge on any atom is 0.315 e. The van der Waals surface area contributed by atoms with E-state index in [2.05, 4.69) is 10.6 Å². The average molecular weight is 274 g/mol. The molecule has 0 spiro atoms. The molecule has 0 radical (unpaired) electrons. The molecule has 0 aromatic rings. The lowest BCUT2D eigenvalue weighted by Crippen LogP contribution is -2.50. The highest BCUT2D eigenvalue weighted by Crippen LogP contribution is 2.24. The normalized spacial score (nSPS) is 20.2. The Balaban J connectivity index is 2.25. The summed E-state index contributed by atoms with van der Waals surface area (Å²) in [5.74, 6) is 0.251. The van der Waals surface area contributed by atoms with Gasteiger partial charge in [-0.3, -0.25) is 4.79 Å². The first-order valence-corrected chi connectivity index (χ1v) is 7.33. The molecule has 0 aromatic carbocycles. The molecule has 1 atom stereocenters. The van der Waals surface area contributed by atoms with Crippen LogP contribution in [0.1, 0.15) is 39.5 Å². The molecule has 1 unspecified atom stereocenters. The predicted molar refractivity (Wildman–Crippen MR) is 73.0 cm³/mol. The number of hydrogen-bond donors (Lipinski definition) is 3. The van der Waals surface area contributed by atoms with Crippen molar-refractivity contribution in [2.24, 2.45) is 0 Å². The molecule has 6 heteroatoms. The Bertz CT molecular complexity index is 302. The Morgan fingerprint density at radius 3 is 2.67 bits per heavy atom. The zero-order valence-electron chi connectivity index (χ0n) is 11.0. The van der Waals surface area contributed by atoms with Crippen LogP contribution >= 0.6 is 11.8 Å². The van der Waals surface area contributed by atoms with Crippen molar-refractivity contribution < 1.29 is 14.7 Å². The second kappa shape index (κ2) is 6.87. The van der Waals surface area contributed by atoms with Crippen molar-refractivity contribution in [2.45, 2.75) is 50.3 Å². The minimum Gasteiger partial charge on any atom is -0.481 e. The number of aliphatic carboxylic acids is 1. The summed E-state index contributed by atoms with van der Waals surface area (Å²) < 4.78 is 0. The molecular formula is C12H22N2O3S. The Labute approximate surface area is 112 Å². The van der Waals surface area contributed by atoms with E-state index >= 15 is 0 Å². The van der Waals surface area contributed by atoms with Crippen LogP contribution in [0.5, 0.6) is 0 Å². The number of nitrogens with one attached hydrogen (secondary N) is 2. The summed E-state index contributed by atoms with van der Waals surface area (Å²) in [4.78, 5) is 22.3. The second-order valence-electron chi connectivity index (χ2n) is 5.28. The van der Waals surface area contributed by atoms with Crippen LogP contribution in [0, 0.1) is 0 Å². The zero-order chi connectivity index (χ0) is 13.6. The van der Waals surface area contributed by atoms with E-state index in [1.54, 1.807) is 13.8 Å². The molecule has 1 saturated heterocycles. The van der Waals surface area contributed by atoms with Gasteiger partial charge in [-0.2, -0.15) is 11.8 Å². The average Bonchev–Trinajstić information content (AvgIpc) is 2.25. The van der Waals surface area contributed by atoms with E-state index in [1.165, 1.54) is 18.6 Å². The fourth-order valence-electron chi connectivity index (χ4n) is 1.95. The number of amides is 2. The summed E-state index contributed by atoms with van der Waals surface area (Å²) in [6.07, 6.45) is 3.55. The Morgan fingerprint density at radius 2 is 2.11 bits per heavy atom. The fourth-order valence-corrected chi connectivity index (χ4v) is 3.19.